The Morgan fingerprint density at radius 1 is 1.22 bits per heavy atom. The summed E-state index contributed by atoms with van der Waals surface area (Å²) in [6.07, 6.45) is -1.51. The topological polar surface area (TPSA) is 94.5 Å². The lowest BCUT2D eigenvalue weighted by atomic mass is 9.89. The summed E-state index contributed by atoms with van der Waals surface area (Å²) in [6, 6.07) is 10.9. The molecule has 5 rings (SSSR count). The van der Waals surface area contributed by atoms with E-state index >= 15 is 4.39 Å². The molecule has 0 aromatic heterocycles. The zero-order chi connectivity index (χ0) is 22.6. The summed E-state index contributed by atoms with van der Waals surface area (Å²) in [7, 11) is 0. The van der Waals surface area contributed by atoms with Crippen LogP contribution in [0.5, 0.6) is 0 Å². The second-order valence-corrected chi connectivity index (χ2v) is 8.39. The molecule has 2 saturated heterocycles. The van der Waals surface area contributed by atoms with Gasteiger partial charge in [-0.3, -0.25) is 9.69 Å². The fraction of sp³-hybridized carbons (Fsp3) is 0.348. The fourth-order valence-corrected chi connectivity index (χ4v) is 5.06. The van der Waals surface area contributed by atoms with Gasteiger partial charge in [0.05, 0.1) is 23.7 Å². The minimum atomic E-state index is -0.811. The molecule has 2 amide bonds. The van der Waals surface area contributed by atoms with Gasteiger partial charge in [-0.1, -0.05) is 12.1 Å². The fourth-order valence-electron chi connectivity index (χ4n) is 5.06. The molecular weight excluding hydrogens is 418 g/mol. The Hall–Kier alpha value is -3.51. The lowest BCUT2D eigenvalue weighted by Crippen LogP contribution is -2.36. The van der Waals surface area contributed by atoms with Crippen LogP contribution in [-0.4, -0.2) is 37.9 Å². The first-order valence-electron chi connectivity index (χ1n) is 10.3. The maximum absolute atomic E-state index is 15.0. The third-order valence-electron chi connectivity index (χ3n) is 6.63. The van der Waals surface area contributed by atoms with Crippen LogP contribution in [0.15, 0.2) is 36.4 Å². The van der Waals surface area contributed by atoms with Crippen molar-refractivity contribution in [1.82, 2.24) is 10.6 Å². The second-order valence-electron chi connectivity index (χ2n) is 8.39. The van der Waals surface area contributed by atoms with Gasteiger partial charge in [0.2, 0.25) is 5.91 Å². The Balaban J connectivity index is 1.39. The number of cyclic esters (lactones) is 1. The predicted octanol–water partition coefficient (Wildman–Crippen LogP) is 2.66. The Kier molecular flexibility index (Phi) is 4.64. The van der Waals surface area contributed by atoms with Crippen LogP contribution in [0.2, 0.25) is 0 Å². The van der Waals surface area contributed by atoms with Crippen molar-refractivity contribution in [3.8, 4) is 17.2 Å². The number of halogens is 2. The smallest absolute Gasteiger partial charge is 0.416 e. The maximum Gasteiger partial charge on any atom is 0.416 e. The normalized spacial score (nSPS) is 28.1. The number of ether oxygens (including phenoxy) is 1. The lowest BCUT2D eigenvalue weighted by Gasteiger charge is -2.17. The van der Waals surface area contributed by atoms with Crippen molar-refractivity contribution in [3.63, 3.8) is 0 Å². The summed E-state index contributed by atoms with van der Waals surface area (Å²) in [5.41, 5.74) is 0.335. The van der Waals surface area contributed by atoms with Gasteiger partial charge in [0.25, 0.3) is 0 Å². The van der Waals surface area contributed by atoms with E-state index in [2.05, 4.69) is 16.7 Å². The summed E-state index contributed by atoms with van der Waals surface area (Å²) < 4.78 is 35.0. The number of carbonyl (C=O) groups excluding carboxylic acids is 2. The van der Waals surface area contributed by atoms with Crippen molar-refractivity contribution in [2.75, 3.05) is 24.5 Å². The molecule has 2 unspecified atom stereocenters. The predicted molar refractivity (Wildman–Crippen MR) is 110 cm³/mol. The molecule has 7 nitrogen and oxygen atoms in total. The van der Waals surface area contributed by atoms with Gasteiger partial charge >= 0.3 is 6.09 Å². The molecule has 1 saturated carbocycles. The zero-order valence-electron chi connectivity index (χ0n) is 17.2. The van der Waals surface area contributed by atoms with Gasteiger partial charge < -0.3 is 15.4 Å². The van der Waals surface area contributed by atoms with E-state index in [-0.39, 0.29) is 35.5 Å². The van der Waals surface area contributed by atoms with Gasteiger partial charge in [0.15, 0.2) is 6.23 Å². The lowest BCUT2D eigenvalue weighted by molar-refractivity contribution is -0.121. The number of rotatable bonds is 4. The van der Waals surface area contributed by atoms with Crippen LogP contribution >= 0.6 is 0 Å². The highest BCUT2D eigenvalue weighted by Crippen LogP contribution is 2.61. The quantitative estimate of drug-likeness (QED) is 0.766. The molecule has 1 aliphatic carbocycles. The van der Waals surface area contributed by atoms with Crippen LogP contribution in [0.4, 0.5) is 19.3 Å². The molecule has 4 atom stereocenters. The molecule has 9 heteroatoms. The number of hydrogen-bond donors (Lipinski definition) is 2. The first-order chi connectivity index (χ1) is 15.3. The highest BCUT2D eigenvalue weighted by Gasteiger charge is 2.68. The van der Waals surface area contributed by atoms with E-state index in [0.29, 0.717) is 24.2 Å². The molecule has 32 heavy (non-hydrogen) atoms. The number of nitrogens with zero attached hydrogens (tertiary/aromatic N) is 2. The second kappa shape index (κ2) is 7.28. The first-order valence-corrected chi connectivity index (χ1v) is 10.3. The van der Waals surface area contributed by atoms with Crippen LogP contribution < -0.4 is 15.5 Å². The van der Waals surface area contributed by atoms with Crippen LogP contribution in [-0.2, 0) is 14.9 Å². The average molecular weight is 438 g/mol. The summed E-state index contributed by atoms with van der Waals surface area (Å²) in [5.74, 6) is -1.30. The summed E-state index contributed by atoms with van der Waals surface area (Å²) in [5, 5.41) is 15.4. The van der Waals surface area contributed by atoms with Gasteiger partial charge in [-0.15, -0.1) is 0 Å². The molecule has 2 aromatic rings. The van der Waals surface area contributed by atoms with E-state index in [1.54, 1.807) is 12.1 Å². The first kappa shape index (κ1) is 20.4. The van der Waals surface area contributed by atoms with Crippen LogP contribution in [0, 0.1) is 34.8 Å². The van der Waals surface area contributed by atoms with Gasteiger partial charge in [0, 0.05) is 43.0 Å². The van der Waals surface area contributed by atoms with Gasteiger partial charge in [-0.05, 0) is 29.8 Å². The number of nitrogens with one attached hydrogen (secondary N) is 2. The number of amides is 2. The Morgan fingerprint density at radius 2 is 1.97 bits per heavy atom. The largest absolute Gasteiger partial charge is 0.423 e. The van der Waals surface area contributed by atoms with Crippen molar-refractivity contribution in [1.29, 1.82) is 5.26 Å². The number of fused-ring (bicyclic) bond motifs is 1. The van der Waals surface area contributed by atoms with Crippen molar-refractivity contribution in [2.24, 2.45) is 11.8 Å². The van der Waals surface area contributed by atoms with Crippen LogP contribution in [0.25, 0.3) is 11.1 Å². The molecule has 0 spiro atoms. The molecule has 2 aromatic carbocycles. The minimum absolute atomic E-state index is 0.0496. The minimum Gasteiger partial charge on any atom is -0.423 e. The van der Waals surface area contributed by atoms with Crippen LogP contribution in [0.3, 0.4) is 0 Å². The standard InChI is InChI=1S/C23H20F2N4O3/c1-12(30)28-21-10-29(22(31)32-21)14-3-4-15(19(24)7-14)13-2-5-16(20(25)6-13)23(11-26)17-8-27-9-18(17)23/h2-7,17-18,21,27H,8-10H2,1H3,(H,28,30)/t17-,18+,21?,23?. The van der Waals surface area contributed by atoms with Crippen molar-refractivity contribution in [3.05, 3.63) is 53.6 Å². The highest BCUT2D eigenvalue weighted by atomic mass is 19.1. The molecular formula is C23H20F2N4O3. The number of benzene rings is 2. The number of anilines is 1. The van der Waals surface area contributed by atoms with Crippen molar-refractivity contribution >= 4 is 17.7 Å². The Morgan fingerprint density at radius 3 is 2.59 bits per heavy atom. The number of nitriles is 1. The van der Waals surface area contributed by atoms with E-state index < -0.39 is 29.4 Å². The molecule has 164 valence electrons. The van der Waals surface area contributed by atoms with E-state index in [9.17, 15) is 19.2 Å². The monoisotopic (exact) mass is 438 g/mol. The average Bonchev–Trinajstić information content (AvgIpc) is 3.05. The molecule has 0 bridgehead atoms. The molecule has 3 fully saturated rings. The molecule has 2 N–H and O–H groups in total. The summed E-state index contributed by atoms with van der Waals surface area (Å²) in [6.45, 7) is 2.74. The van der Waals surface area contributed by atoms with E-state index in [4.69, 9.17) is 4.74 Å². The van der Waals surface area contributed by atoms with Crippen molar-refractivity contribution in [2.45, 2.75) is 18.6 Å². The van der Waals surface area contributed by atoms with Crippen molar-refractivity contribution < 1.29 is 23.1 Å². The molecule has 3 aliphatic rings. The van der Waals surface area contributed by atoms with E-state index in [1.807, 2.05) is 0 Å². The highest BCUT2D eigenvalue weighted by molar-refractivity contribution is 5.90. The summed E-state index contributed by atoms with van der Waals surface area (Å²) >= 11 is 0. The zero-order valence-corrected chi connectivity index (χ0v) is 17.2. The van der Waals surface area contributed by atoms with Gasteiger partial charge in [0.1, 0.15) is 11.6 Å². The van der Waals surface area contributed by atoms with Gasteiger partial charge in [-0.25, -0.2) is 13.6 Å². The SMILES string of the molecule is CC(=O)NC1CN(c2ccc(-c3ccc(C4(C#N)[C@@H]5CNC[C@@H]54)c(F)c3)c(F)c2)C(=O)O1. The number of hydrogen-bond acceptors (Lipinski definition) is 5. The third-order valence-corrected chi connectivity index (χ3v) is 6.63. The number of piperidine rings is 1. The van der Waals surface area contributed by atoms with E-state index in [0.717, 1.165) is 0 Å². The van der Waals surface area contributed by atoms with E-state index in [1.165, 1.54) is 36.1 Å². The molecule has 2 heterocycles. The third kappa shape index (κ3) is 3.02. The molecule has 2 aliphatic heterocycles. The summed E-state index contributed by atoms with van der Waals surface area (Å²) in [4.78, 5) is 24.5. The number of carbonyl (C=O) groups is 2. The molecule has 0 radical (unpaired) electrons. The Bertz CT molecular complexity index is 1170. The maximum atomic E-state index is 15.0. The van der Waals surface area contributed by atoms with Crippen LogP contribution in [0.1, 0.15) is 12.5 Å². The Labute approximate surface area is 183 Å². The van der Waals surface area contributed by atoms with Gasteiger partial charge in [-0.2, -0.15) is 5.26 Å².